The van der Waals surface area contributed by atoms with Crippen LogP contribution in [-0.4, -0.2) is 21.6 Å². The highest BCUT2D eigenvalue weighted by Gasteiger charge is 2.11. The summed E-state index contributed by atoms with van der Waals surface area (Å²) in [5, 5.41) is 2.80. The van der Waals surface area contributed by atoms with Crippen LogP contribution in [0.4, 0.5) is 0 Å². The number of ether oxygens (including phenoxy) is 1. The highest BCUT2D eigenvalue weighted by atomic mass is 16.5. The lowest BCUT2D eigenvalue weighted by molar-refractivity contribution is -0.121. The van der Waals surface area contributed by atoms with Crippen LogP contribution in [0.1, 0.15) is 30.0 Å². The molecule has 1 aromatic heterocycles. The van der Waals surface area contributed by atoms with Crippen molar-refractivity contribution in [3.63, 3.8) is 0 Å². The zero-order valence-corrected chi connectivity index (χ0v) is 17.6. The quantitative estimate of drug-likeness (QED) is 0.509. The Bertz CT molecular complexity index is 1120. The number of carbonyl (C=O) groups excluding carboxylic acids is 1. The van der Waals surface area contributed by atoms with Crippen LogP contribution in [0.3, 0.4) is 0 Å². The Morgan fingerprint density at radius 2 is 1.68 bits per heavy atom. The van der Waals surface area contributed by atoms with E-state index < -0.39 is 17.2 Å². The predicted molar refractivity (Wildman–Crippen MR) is 119 cm³/mol. The molecule has 0 aliphatic carbocycles. The number of hydrogen-bond acceptors (Lipinski definition) is 4. The molecular formula is C24H27N3O4. The Morgan fingerprint density at radius 1 is 0.968 bits per heavy atom. The first-order valence-corrected chi connectivity index (χ1v) is 10.3. The van der Waals surface area contributed by atoms with Crippen molar-refractivity contribution in [3.8, 4) is 0 Å². The Labute approximate surface area is 180 Å². The van der Waals surface area contributed by atoms with Crippen molar-refractivity contribution in [2.75, 3.05) is 6.61 Å². The van der Waals surface area contributed by atoms with Gasteiger partial charge in [-0.15, -0.1) is 0 Å². The van der Waals surface area contributed by atoms with Crippen LogP contribution in [0.2, 0.25) is 0 Å². The lowest BCUT2D eigenvalue weighted by Gasteiger charge is -2.12. The number of aromatic nitrogens is 2. The van der Waals surface area contributed by atoms with E-state index in [2.05, 4.69) is 5.32 Å². The number of nitrogens with zero attached hydrogens (tertiary/aromatic N) is 2. The van der Waals surface area contributed by atoms with Crippen molar-refractivity contribution in [3.05, 3.63) is 104 Å². The molecule has 0 atom stereocenters. The largest absolute Gasteiger partial charge is 0.377 e. The topological polar surface area (TPSA) is 82.3 Å². The van der Waals surface area contributed by atoms with Gasteiger partial charge in [0.2, 0.25) is 5.91 Å². The van der Waals surface area contributed by atoms with Crippen LogP contribution in [0.15, 0.2) is 76.4 Å². The number of carbonyl (C=O) groups is 1. The third-order valence-electron chi connectivity index (χ3n) is 4.84. The van der Waals surface area contributed by atoms with E-state index in [0.29, 0.717) is 26.3 Å². The molecule has 0 aliphatic heterocycles. The van der Waals surface area contributed by atoms with Crippen LogP contribution in [-0.2, 0) is 35.8 Å². The summed E-state index contributed by atoms with van der Waals surface area (Å²) < 4.78 is 7.98. The van der Waals surface area contributed by atoms with Crippen molar-refractivity contribution in [1.29, 1.82) is 0 Å². The smallest absolute Gasteiger partial charge is 0.331 e. The average molecular weight is 421 g/mol. The first kappa shape index (κ1) is 22.2. The summed E-state index contributed by atoms with van der Waals surface area (Å²) in [5.74, 6) is -0.402. The van der Waals surface area contributed by atoms with Crippen LogP contribution in [0, 0.1) is 0 Å². The standard InChI is InChI=1S/C24H27N3O4/c1-2-14-31-18-21-11-7-6-10-20(21)15-25-22(28)17-27-23(29)12-13-26(24(27)30)16-19-8-4-3-5-9-19/h3-13H,2,14-18H2,1H3,(H,25,28). The van der Waals surface area contributed by atoms with Crippen molar-refractivity contribution in [2.45, 2.75) is 39.6 Å². The van der Waals surface area contributed by atoms with E-state index in [1.165, 1.54) is 16.8 Å². The third kappa shape index (κ3) is 6.26. The van der Waals surface area contributed by atoms with E-state index >= 15 is 0 Å². The highest BCUT2D eigenvalue weighted by molar-refractivity contribution is 5.75. The van der Waals surface area contributed by atoms with E-state index in [0.717, 1.165) is 27.7 Å². The summed E-state index contributed by atoms with van der Waals surface area (Å²) in [6.45, 7) is 3.49. The molecule has 1 heterocycles. The summed E-state index contributed by atoms with van der Waals surface area (Å²) in [7, 11) is 0. The molecule has 0 spiro atoms. The molecule has 0 bridgehead atoms. The van der Waals surface area contributed by atoms with E-state index in [1.54, 1.807) is 0 Å². The summed E-state index contributed by atoms with van der Waals surface area (Å²) >= 11 is 0. The summed E-state index contributed by atoms with van der Waals surface area (Å²) in [6.07, 6.45) is 2.39. The maximum Gasteiger partial charge on any atom is 0.331 e. The Morgan fingerprint density at radius 3 is 2.42 bits per heavy atom. The number of rotatable bonds is 10. The lowest BCUT2D eigenvalue weighted by Crippen LogP contribution is -2.43. The number of nitrogens with one attached hydrogen (secondary N) is 1. The normalized spacial score (nSPS) is 10.7. The minimum absolute atomic E-state index is 0.296. The summed E-state index contributed by atoms with van der Waals surface area (Å²) in [4.78, 5) is 37.4. The fourth-order valence-corrected chi connectivity index (χ4v) is 3.19. The van der Waals surface area contributed by atoms with Crippen LogP contribution in [0.25, 0.3) is 0 Å². The monoisotopic (exact) mass is 421 g/mol. The van der Waals surface area contributed by atoms with Gasteiger partial charge in [0.05, 0.1) is 13.2 Å². The Hall–Kier alpha value is -3.45. The van der Waals surface area contributed by atoms with Gasteiger partial charge in [-0.2, -0.15) is 0 Å². The molecule has 1 amide bonds. The number of hydrogen-bond donors (Lipinski definition) is 1. The molecule has 0 saturated carbocycles. The second-order valence-electron chi connectivity index (χ2n) is 7.23. The summed E-state index contributed by atoms with van der Waals surface area (Å²) in [6, 6.07) is 18.5. The van der Waals surface area contributed by atoms with Gasteiger partial charge in [0.15, 0.2) is 0 Å². The summed E-state index contributed by atoms with van der Waals surface area (Å²) in [5.41, 5.74) is 1.85. The van der Waals surface area contributed by atoms with Crippen molar-refractivity contribution in [1.82, 2.24) is 14.5 Å². The molecule has 0 saturated heterocycles. The minimum Gasteiger partial charge on any atom is -0.377 e. The molecular weight excluding hydrogens is 394 g/mol. The molecule has 162 valence electrons. The van der Waals surface area contributed by atoms with Crippen LogP contribution < -0.4 is 16.6 Å². The molecule has 2 aromatic carbocycles. The van der Waals surface area contributed by atoms with E-state index in [4.69, 9.17) is 4.74 Å². The highest BCUT2D eigenvalue weighted by Crippen LogP contribution is 2.10. The zero-order chi connectivity index (χ0) is 22.1. The van der Waals surface area contributed by atoms with Gasteiger partial charge in [-0.3, -0.25) is 18.7 Å². The van der Waals surface area contributed by atoms with Crippen LogP contribution in [0.5, 0.6) is 0 Å². The third-order valence-corrected chi connectivity index (χ3v) is 4.84. The SMILES string of the molecule is CCCOCc1ccccc1CNC(=O)Cn1c(=O)ccn(Cc2ccccc2)c1=O. The Kier molecular flexibility index (Phi) is 7.95. The van der Waals surface area contributed by atoms with Gasteiger partial charge in [-0.25, -0.2) is 4.79 Å². The maximum atomic E-state index is 12.7. The van der Waals surface area contributed by atoms with E-state index in [-0.39, 0.29) is 6.54 Å². The number of amides is 1. The number of benzene rings is 2. The molecule has 7 nitrogen and oxygen atoms in total. The molecule has 3 rings (SSSR count). The van der Waals surface area contributed by atoms with Crippen molar-refractivity contribution >= 4 is 5.91 Å². The van der Waals surface area contributed by atoms with E-state index in [1.807, 2.05) is 61.5 Å². The fraction of sp³-hybridized carbons (Fsp3) is 0.292. The molecule has 1 N–H and O–H groups in total. The van der Waals surface area contributed by atoms with Gasteiger partial charge in [0, 0.05) is 25.4 Å². The molecule has 0 aliphatic rings. The fourth-order valence-electron chi connectivity index (χ4n) is 3.19. The van der Waals surface area contributed by atoms with Crippen molar-refractivity contribution < 1.29 is 9.53 Å². The van der Waals surface area contributed by atoms with Crippen molar-refractivity contribution in [2.24, 2.45) is 0 Å². The predicted octanol–water partition coefficient (Wildman–Crippen LogP) is 2.30. The zero-order valence-electron chi connectivity index (χ0n) is 17.6. The van der Waals surface area contributed by atoms with Crippen LogP contribution >= 0.6 is 0 Å². The molecule has 31 heavy (non-hydrogen) atoms. The molecule has 0 unspecified atom stereocenters. The molecule has 0 fully saturated rings. The minimum atomic E-state index is -0.514. The van der Waals surface area contributed by atoms with E-state index in [9.17, 15) is 14.4 Å². The second kappa shape index (κ2) is 11.1. The van der Waals surface area contributed by atoms with Gasteiger partial charge in [-0.05, 0) is 23.1 Å². The van der Waals surface area contributed by atoms with Gasteiger partial charge < -0.3 is 10.1 Å². The molecule has 0 radical (unpaired) electrons. The first-order chi connectivity index (χ1) is 15.1. The van der Waals surface area contributed by atoms with Gasteiger partial charge in [-0.1, -0.05) is 61.5 Å². The first-order valence-electron chi connectivity index (χ1n) is 10.3. The maximum absolute atomic E-state index is 12.7. The Balaban J connectivity index is 1.67. The molecule has 3 aromatic rings. The molecule has 7 heteroatoms. The second-order valence-corrected chi connectivity index (χ2v) is 7.23. The lowest BCUT2D eigenvalue weighted by atomic mass is 10.1. The van der Waals surface area contributed by atoms with Gasteiger partial charge in [0.1, 0.15) is 6.54 Å². The van der Waals surface area contributed by atoms with Gasteiger partial charge in [0.25, 0.3) is 5.56 Å². The average Bonchev–Trinajstić information content (AvgIpc) is 2.79. The van der Waals surface area contributed by atoms with Gasteiger partial charge >= 0.3 is 5.69 Å².